The van der Waals surface area contributed by atoms with E-state index in [1.54, 1.807) is 6.92 Å². The lowest BCUT2D eigenvalue weighted by Gasteiger charge is -2.30. The van der Waals surface area contributed by atoms with Crippen LogP contribution in [0.3, 0.4) is 0 Å². The number of amides is 1. The van der Waals surface area contributed by atoms with E-state index in [4.69, 9.17) is 4.99 Å². The highest BCUT2D eigenvalue weighted by Crippen LogP contribution is 2.31. The molecule has 41 heavy (non-hydrogen) atoms. The van der Waals surface area contributed by atoms with Crippen molar-refractivity contribution in [1.29, 1.82) is 0 Å². The molecule has 1 fully saturated rings. The summed E-state index contributed by atoms with van der Waals surface area (Å²) in [6.45, 7) is 11.4. The molecule has 4 rings (SSSR count). The molecule has 1 N–H and O–H groups in total. The first-order valence-corrected chi connectivity index (χ1v) is 16.1. The van der Waals surface area contributed by atoms with Crippen LogP contribution in [-0.2, 0) is 17.6 Å². The van der Waals surface area contributed by atoms with Crippen molar-refractivity contribution >= 4 is 17.3 Å². The standard InChI is InChI=1S/C36H52N4O/c1-7-10-14-30(12-8-2)36-38-33(25-39(36)6)23-28-16-18-29(19-17-28)31-20-21-34(32(24-31)13-9-3)37-26(4)35-15-11-22-40(35)27(5)41/h16-21,24-25,30,35-36,38H,7-15,22-23H2,1-6H3. The van der Waals surface area contributed by atoms with Crippen molar-refractivity contribution in [2.24, 2.45) is 10.9 Å². The quantitative estimate of drug-likeness (QED) is 0.253. The van der Waals surface area contributed by atoms with Gasteiger partial charge in [-0.05, 0) is 79.3 Å². The summed E-state index contributed by atoms with van der Waals surface area (Å²) in [5, 5.41) is 3.85. The van der Waals surface area contributed by atoms with Gasteiger partial charge in [0.25, 0.3) is 0 Å². The Balaban J connectivity index is 1.45. The smallest absolute Gasteiger partial charge is 0.219 e. The van der Waals surface area contributed by atoms with Crippen LogP contribution in [0.25, 0.3) is 11.1 Å². The average Bonchev–Trinajstić information content (AvgIpc) is 3.60. The molecule has 5 heteroatoms. The zero-order chi connectivity index (χ0) is 29.4. The number of rotatable bonds is 13. The molecule has 2 aliphatic rings. The molecule has 5 nitrogen and oxygen atoms in total. The first-order chi connectivity index (χ1) is 19.8. The second-order valence-electron chi connectivity index (χ2n) is 12.2. The molecule has 0 saturated carbocycles. The van der Waals surface area contributed by atoms with Gasteiger partial charge in [-0.25, -0.2) is 0 Å². The lowest BCUT2D eigenvalue weighted by molar-refractivity contribution is -0.128. The van der Waals surface area contributed by atoms with E-state index in [1.807, 2.05) is 4.90 Å². The number of hydrogen-bond donors (Lipinski definition) is 1. The number of aliphatic imine (C=N–C) groups is 1. The van der Waals surface area contributed by atoms with Gasteiger partial charge in [0.15, 0.2) is 0 Å². The van der Waals surface area contributed by atoms with Crippen molar-refractivity contribution in [3.63, 3.8) is 0 Å². The Kier molecular flexibility index (Phi) is 11.1. The van der Waals surface area contributed by atoms with Crippen LogP contribution in [0.5, 0.6) is 0 Å². The van der Waals surface area contributed by atoms with Gasteiger partial charge in [0.2, 0.25) is 5.91 Å². The number of aryl methyl sites for hydroxylation is 1. The molecular weight excluding hydrogens is 504 g/mol. The largest absolute Gasteiger partial charge is 0.367 e. The Labute approximate surface area is 249 Å². The fraction of sp³-hybridized carbons (Fsp3) is 0.556. The summed E-state index contributed by atoms with van der Waals surface area (Å²) >= 11 is 0. The van der Waals surface area contributed by atoms with Crippen molar-refractivity contribution in [1.82, 2.24) is 15.1 Å². The summed E-state index contributed by atoms with van der Waals surface area (Å²) in [6.07, 6.45) is 14.2. The lowest BCUT2D eigenvalue weighted by Crippen LogP contribution is -2.41. The molecule has 2 heterocycles. The van der Waals surface area contributed by atoms with E-state index in [0.717, 1.165) is 50.0 Å². The number of carbonyl (C=O) groups excluding carboxylic acids is 1. The van der Waals surface area contributed by atoms with Crippen LogP contribution >= 0.6 is 0 Å². The van der Waals surface area contributed by atoms with Crippen molar-refractivity contribution in [3.8, 4) is 11.1 Å². The number of benzene rings is 2. The minimum Gasteiger partial charge on any atom is -0.367 e. The summed E-state index contributed by atoms with van der Waals surface area (Å²) in [6, 6.07) is 15.9. The van der Waals surface area contributed by atoms with Gasteiger partial charge >= 0.3 is 0 Å². The maximum Gasteiger partial charge on any atom is 0.219 e. The molecule has 0 radical (unpaired) electrons. The average molecular weight is 557 g/mol. The van der Waals surface area contributed by atoms with Crippen molar-refractivity contribution in [2.75, 3.05) is 13.6 Å². The van der Waals surface area contributed by atoms with Gasteiger partial charge in [-0.1, -0.05) is 76.8 Å². The lowest BCUT2D eigenvalue weighted by atomic mass is 9.93. The third-order valence-corrected chi connectivity index (χ3v) is 8.88. The minimum absolute atomic E-state index is 0.127. The van der Waals surface area contributed by atoms with Crippen molar-refractivity contribution < 1.29 is 4.79 Å². The first-order valence-electron chi connectivity index (χ1n) is 16.1. The summed E-state index contributed by atoms with van der Waals surface area (Å²) in [5.74, 6) is 0.842. The second-order valence-corrected chi connectivity index (χ2v) is 12.2. The molecule has 222 valence electrons. The van der Waals surface area contributed by atoms with Gasteiger partial charge in [-0.15, -0.1) is 0 Å². The molecule has 1 saturated heterocycles. The summed E-state index contributed by atoms with van der Waals surface area (Å²) in [4.78, 5) is 21.5. The zero-order valence-electron chi connectivity index (χ0n) is 26.4. The third-order valence-electron chi connectivity index (χ3n) is 8.88. The van der Waals surface area contributed by atoms with E-state index in [9.17, 15) is 4.79 Å². The van der Waals surface area contributed by atoms with Crippen LogP contribution in [0, 0.1) is 5.92 Å². The molecule has 0 bridgehead atoms. The van der Waals surface area contributed by atoms with Crippen LogP contribution in [0.1, 0.15) is 97.1 Å². The maximum atomic E-state index is 12.1. The topological polar surface area (TPSA) is 47.9 Å². The van der Waals surface area contributed by atoms with Crippen LogP contribution in [0.4, 0.5) is 5.69 Å². The van der Waals surface area contributed by atoms with Gasteiger partial charge in [0, 0.05) is 44.5 Å². The Hall–Kier alpha value is -3.08. The SMILES string of the molecule is CCCCC(CCC)C1NC(Cc2ccc(-c3ccc(N=C(C)C4CCCN4C(C)=O)c(CCC)c3)cc2)=CN1C. The van der Waals surface area contributed by atoms with Gasteiger partial charge in [-0.2, -0.15) is 0 Å². The number of nitrogens with zero attached hydrogens (tertiary/aromatic N) is 3. The molecule has 3 atom stereocenters. The molecule has 0 aliphatic carbocycles. The fourth-order valence-electron chi connectivity index (χ4n) is 6.72. The number of hydrogen-bond acceptors (Lipinski definition) is 4. The molecule has 1 amide bonds. The molecule has 3 unspecified atom stereocenters. The fourth-order valence-corrected chi connectivity index (χ4v) is 6.72. The number of unbranched alkanes of at least 4 members (excludes halogenated alkanes) is 1. The van der Waals surface area contributed by atoms with Crippen molar-refractivity contribution in [3.05, 3.63) is 65.5 Å². The van der Waals surface area contributed by atoms with E-state index < -0.39 is 0 Å². The number of carbonyl (C=O) groups is 1. The molecule has 2 aliphatic heterocycles. The second kappa shape index (κ2) is 14.7. The van der Waals surface area contributed by atoms with Crippen LogP contribution in [-0.4, -0.2) is 47.2 Å². The van der Waals surface area contributed by atoms with Crippen LogP contribution < -0.4 is 5.32 Å². The molecule has 2 aromatic carbocycles. The van der Waals surface area contributed by atoms with E-state index in [1.165, 1.54) is 60.1 Å². The number of nitrogens with one attached hydrogen (secondary N) is 1. The monoisotopic (exact) mass is 556 g/mol. The highest BCUT2D eigenvalue weighted by Gasteiger charge is 2.29. The summed E-state index contributed by atoms with van der Waals surface area (Å²) < 4.78 is 0. The van der Waals surface area contributed by atoms with Gasteiger partial charge in [0.05, 0.1) is 11.7 Å². The summed E-state index contributed by atoms with van der Waals surface area (Å²) in [5.41, 5.74) is 8.48. The van der Waals surface area contributed by atoms with Gasteiger partial charge < -0.3 is 15.1 Å². The van der Waals surface area contributed by atoms with E-state index in [2.05, 4.69) is 93.6 Å². The van der Waals surface area contributed by atoms with Crippen LogP contribution in [0.15, 0.2) is 59.4 Å². The van der Waals surface area contributed by atoms with E-state index in [-0.39, 0.29) is 11.9 Å². The zero-order valence-corrected chi connectivity index (χ0v) is 26.4. The van der Waals surface area contributed by atoms with E-state index >= 15 is 0 Å². The predicted octanol–water partition coefficient (Wildman–Crippen LogP) is 8.26. The maximum absolute atomic E-state index is 12.1. The van der Waals surface area contributed by atoms with Gasteiger partial charge in [-0.3, -0.25) is 9.79 Å². The minimum atomic E-state index is 0.127. The normalized spacial score (nSPS) is 19.9. The number of likely N-dealkylation sites (tertiary alicyclic amines) is 1. The highest BCUT2D eigenvalue weighted by atomic mass is 16.2. The van der Waals surface area contributed by atoms with Crippen LogP contribution in [0.2, 0.25) is 0 Å². The van der Waals surface area contributed by atoms with Gasteiger partial charge in [0.1, 0.15) is 6.17 Å². The molecule has 0 aromatic heterocycles. The highest BCUT2D eigenvalue weighted by molar-refractivity contribution is 5.93. The Bertz CT molecular complexity index is 1210. The van der Waals surface area contributed by atoms with Crippen molar-refractivity contribution in [2.45, 2.75) is 111 Å². The molecular formula is C36H52N4O. The molecule has 2 aromatic rings. The number of allylic oxidation sites excluding steroid dienone is 1. The van der Waals surface area contributed by atoms with E-state index in [0.29, 0.717) is 12.1 Å². The summed E-state index contributed by atoms with van der Waals surface area (Å²) in [7, 11) is 2.22. The predicted molar refractivity (Wildman–Crippen MR) is 173 cm³/mol. The Morgan fingerprint density at radius 3 is 2.44 bits per heavy atom. The Morgan fingerprint density at radius 2 is 1.76 bits per heavy atom. The molecule has 0 spiro atoms. The Morgan fingerprint density at radius 1 is 1.00 bits per heavy atom. The first kappa shape index (κ1) is 30.9. The third kappa shape index (κ3) is 7.81.